The first kappa shape index (κ1) is 20.2. The van der Waals surface area contributed by atoms with Crippen molar-refractivity contribution in [3.8, 4) is 0 Å². The quantitative estimate of drug-likeness (QED) is 0.439. The number of halogens is 1. The molecule has 1 aromatic heterocycles. The third-order valence-corrected chi connectivity index (χ3v) is 4.96. The van der Waals surface area contributed by atoms with Gasteiger partial charge in [0.15, 0.2) is 5.79 Å². The van der Waals surface area contributed by atoms with Crippen LogP contribution in [0.25, 0.3) is 10.9 Å². The highest BCUT2D eigenvalue weighted by Gasteiger charge is 2.38. The zero-order chi connectivity index (χ0) is 20.9. The van der Waals surface area contributed by atoms with Crippen LogP contribution in [0, 0.1) is 15.9 Å². The Kier molecular flexibility index (Phi) is 4.93. The molecule has 0 N–H and O–H groups in total. The van der Waals surface area contributed by atoms with Gasteiger partial charge in [-0.1, -0.05) is 0 Å². The molecule has 8 nitrogen and oxygen atoms in total. The highest BCUT2D eigenvalue weighted by atomic mass is 19.1. The van der Waals surface area contributed by atoms with Gasteiger partial charge in [-0.25, -0.2) is 0 Å². The van der Waals surface area contributed by atoms with E-state index in [-0.39, 0.29) is 6.10 Å². The Bertz CT molecular complexity index is 950. The SMILES string of the molecule is COC(=O)C(C)(C)c1cc2cc([N+](=O)[O-])c(F)cc2n1C[C@H]1COC(C)(C)O1. The topological polar surface area (TPSA) is 92.8 Å². The van der Waals surface area contributed by atoms with Crippen LogP contribution in [-0.4, -0.2) is 41.1 Å². The van der Waals surface area contributed by atoms with Gasteiger partial charge in [-0.05, 0) is 33.8 Å². The van der Waals surface area contributed by atoms with Gasteiger partial charge in [0.25, 0.3) is 0 Å². The van der Waals surface area contributed by atoms with Gasteiger partial charge in [0.2, 0.25) is 5.82 Å². The lowest BCUT2D eigenvalue weighted by molar-refractivity contribution is -0.387. The Morgan fingerprint density at radius 2 is 2.11 bits per heavy atom. The molecule has 1 fully saturated rings. The van der Waals surface area contributed by atoms with Crippen LogP contribution in [0.15, 0.2) is 18.2 Å². The number of nitro groups is 1. The number of methoxy groups -OCH3 is 1. The summed E-state index contributed by atoms with van der Waals surface area (Å²) in [5, 5.41) is 11.6. The molecule has 0 aliphatic carbocycles. The molecular weight excluding hydrogens is 371 g/mol. The Balaban J connectivity index is 2.17. The maximum absolute atomic E-state index is 14.3. The molecule has 0 unspecified atom stereocenters. The number of nitro benzene ring substituents is 1. The molecule has 0 spiro atoms. The van der Waals surface area contributed by atoms with Crippen molar-refractivity contribution < 1.29 is 28.3 Å². The number of benzene rings is 1. The molecule has 3 rings (SSSR count). The van der Waals surface area contributed by atoms with E-state index in [0.29, 0.717) is 29.7 Å². The molecule has 152 valence electrons. The van der Waals surface area contributed by atoms with Crippen molar-refractivity contribution in [1.82, 2.24) is 4.57 Å². The van der Waals surface area contributed by atoms with Crippen molar-refractivity contribution in [2.75, 3.05) is 13.7 Å². The number of hydrogen-bond acceptors (Lipinski definition) is 6. The normalized spacial score (nSPS) is 19.1. The van der Waals surface area contributed by atoms with E-state index in [1.165, 1.54) is 13.2 Å². The third-order valence-electron chi connectivity index (χ3n) is 4.96. The highest BCUT2D eigenvalue weighted by Crippen LogP contribution is 2.35. The van der Waals surface area contributed by atoms with Gasteiger partial charge < -0.3 is 18.8 Å². The van der Waals surface area contributed by atoms with Crippen molar-refractivity contribution in [3.63, 3.8) is 0 Å². The van der Waals surface area contributed by atoms with Crippen molar-refractivity contribution in [2.24, 2.45) is 0 Å². The van der Waals surface area contributed by atoms with Gasteiger partial charge in [0.1, 0.15) is 11.5 Å². The molecule has 28 heavy (non-hydrogen) atoms. The minimum Gasteiger partial charge on any atom is -0.468 e. The second-order valence-corrected chi connectivity index (χ2v) is 7.83. The molecule has 0 bridgehead atoms. The minimum absolute atomic E-state index is 0.292. The van der Waals surface area contributed by atoms with E-state index >= 15 is 0 Å². The molecule has 1 aromatic carbocycles. The van der Waals surface area contributed by atoms with Crippen LogP contribution in [0.1, 0.15) is 33.4 Å². The van der Waals surface area contributed by atoms with Gasteiger partial charge in [-0.15, -0.1) is 0 Å². The van der Waals surface area contributed by atoms with E-state index in [0.717, 1.165) is 6.07 Å². The summed E-state index contributed by atoms with van der Waals surface area (Å²) in [5.74, 6) is -2.16. The monoisotopic (exact) mass is 394 g/mol. The number of aromatic nitrogens is 1. The molecule has 9 heteroatoms. The molecule has 1 atom stereocenters. The molecule has 0 radical (unpaired) electrons. The fourth-order valence-corrected chi connectivity index (χ4v) is 3.54. The predicted octanol–water partition coefficient (Wildman–Crippen LogP) is 3.29. The van der Waals surface area contributed by atoms with Crippen LogP contribution in [0.3, 0.4) is 0 Å². The van der Waals surface area contributed by atoms with Gasteiger partial charge in [-0.3, -0.25) is 14.9 Å². The lowest BCUT2D eigenvalue weighted by atomic mass is 9.89. The summed E-state index contributed by atoms with van der Waals surface area (Å²) in [6, 6.07) is 3.94. The van der Waals surface area contributed by atoms with E-state index in [4.69, 9.17) is 14.2 Å². The predicted molar refractivity (Wildman–Crippen MR) is 98.5 cm³/mol. The van der Waals surface area contributed by atoms with Crippen molar-refractivity contribution >= 4 is 22.6 Å². The average Bonchev–Trinajstić information content (AvgIpc) is 3.13. The largest absolute Gasteiger partial charge is 0.468 e. The molecule has 0 saturated carbocycles. The smallest absolute Gasteiger partial charge is 0.317 e. The first-order valence-corrected chi connectivity index (χ1v) is 8.84. The number of rotatable bonds is 5. The van der Waals surface area contributed by atoms with Crippen molar-refractivity contribution in [2.45, 2.75) is 51.5 Å². The van der Waals surface area contributed by atoms with Gasteiger partial charge >= 0.3 is 11.7 Å². The van der Waals surface area contributed by atoms with E-state index < -0.39 is 33.6 Å². The summed E-state index contributed by atoms with van der Waals surface area (Å²) in [7, 11) is 1.29. The zero-order valence-electron chi connectivity index (χ0n) is 16.4. The number of nitrogens with zero attached hydrogens (tertiary/aromatic N) is 2. The average molecular weight is 394 g/mol. The van der Waals surface area contributed by atoms with Gasteiger partial charge in [0.05, 0.1) is 30.7 Å². The number of esters is 1. The van der Waals surface area contributed by atoms with Crippen LogP contribution < -0.4 is 0 Å². The number of carbonyl (C=O) groups excluding carboxylic acids is 1. The summed E-state index contributed by atoms with van der Waals surface area (Å²) in [5.41, 5.74) is -0.701. The Morgan fingerprint density at radius 3 is 2.64 bits per heavy atom. The highest BCUT2D eigenvalue weighted by molar-refractivity contribution is 5.88. The maximum Gasteiger partial charge on any atom is 0.317 e. The second-order valence-electron chi connectivity index (χ2n) is 7.83. The molecule has 2 heterocycles. The van der Waals surface area contributed by atoms with Crippen LogP contribution in [0.5, 0.6) is 0 Å². The Morgan fingerprint density at radius 1 is 1.43 bits per heavy atom. The number of hydrogen-bond donors (Lipinski definition) is 0. The van der Waals surface area contributed by atoms with E-state index in [2.05, 4.69) is 0 Å². The van der Waals surface area contributed by atoms with Crippen LogP contribution in [-0.2, 0) is 31.0 Å². The molecule has 0 amide bonds. The Labute approximate surface area is 161 Å². The zero-order valence-corrected chi connectivity index (χ0v) is 16.4. The third kappa shape index (κ3) is 3.47. The van der Waals surface area contributed by atoms with Crippen LogP contribution in [0.4, 0.5) is 10.1 Å². The first-order chi connectivity index (χ1) is 13.0. The summed E-state index contributed by atoms with van der Waals surface area (Å²) in [6.45, 7) is 7.58. The second kappa shape index (κ2) is 6.82. The minimum atomic E-state index is -1.06. The molecule has 1 aliphatic rings. The lowest BCUT2D eigenvalue weighted by Gasteiger charge is -2.25. The fraction of sp³-hybridized carbons (Fsp3) is 0.526. The maximum atomic E-state index is 14.3. The number of fused-ring (bicyclic) bond motifs is 1. The summed E-state index contributed by atoms with van der Waals surface area (Å²) in [6.07, 6.45) is -0.323. The van der Waals surface area contributed by atoms with Crippen LogP contribution in [0.2, 0.25) is 0 Å². The van der Waals surface area contributed by atoms with Gasteiger partial charge in [-0.2, -0.15) is 4.39 Å². The molecule has 1 saturated heterocycles. The summed E-state index contributed by atoms with van der Waals surface area (Å²) >= 11 is 0. The molecule has 1 aliphatic heterocycles. The van der Waals surface area contributed by atoms with Crippen LogP contribution >= 0.6 is 0 Å². The summed E-state index contributed by atoms with van der Waals surface area (Å²) in [4.78, 5) is 22.7. The number of ether oxygens (including phenoxy) is 3. The van der Waals surface area contributed by atoms with E-state index in [1.807, 2.05) is 0 Å². The van der Waals surface area contributed by atoms with Crippen molar-refractivity contribution in [3.05, 3.63) is 39.8 Å². The fourth-order valence-electron chi connectivity index (χ4n) is 3.54. The van der Waals surface area contributed by atoms with E-state index in [1.54, 1.807) is 38.3 Å². The summed E-state index contributed by atoms with van der Waals surface area (Å²) < 4.78 is 32.4. The first-order valence-electron chi connectivity index (χ1n) is 8.84. The van der Waals surface area contributed by atoms with Crippen molar-refractivity contribution in [1.29, 1.82) is 0 Å². The lowest BCUT2D eigenvalue weighted by Crippen LogP contribution is -2.34. The number of carbonyl (C=O) groups is 1. The molecular formula is C19H23FN2O6. The van der Waals surface area contributed by atoms with Gasteiger partial charge in [0, 0.05) is 23.2 Å². The van der Waals surface area contributed by atoms with E-state index in [9.17, 15) is 19.3 Å². The standard InChI is InChI=1S/C19H23FN2O6/c1-18(2,17(23)26-5)16-7-11-6-15(22(24)25)13(20)8-14(11)21(16)9-12-10-27-19(3,4)28-12/h6-8,12H,9-10H2,1-5H3/t12-/m0/s1. The Hall–Kier alpha value is -2.52. The molecule has 2 aromatic rings.